The van der Waals surface area contributed by atoms with Gasteiger partial charge in [-0.1, -0.05) is 37.1 Å². The van der Waals surface area contributed by atoms with Gasteiger partial charge in [0.25, 0.3) is 0 Å². The number of hydrogen-bond acceptors (Lipinski definition) is 4. The van der Waals surface area contributed by atoms with Crippen LogP contribution in [0.15, 0.2) is 47.4 Å². The number of aryl methyl sites for hydroxylation is 1. The molecule has 0 radical (unpaired) electrons. The second-order valence-corrected chi connectivity index (χ2v) is 10.1. The Bertz CT molecular complexity index is 955. The van der Waals surface area contributed by atoms with Crippen LogP contribution in [0.3, 0.4) is 0 Å². The van der Waals surface area contributed by atoms with Crippen LogP contribution < -0.4 is 4.90 Å². The molecule has 0 aromatic heterocycles. The monoisotopic (exact) mass is 434 g/mol. The Morgan fingerprint density at radius 3 is 2.52 bits per heavy atom. The maximum atomic E-state index is 13.0. The molecule has 2 aliphatic heterocycles. The zero-order chi connectivity index (χ0) is 20.4. The predicted molar refractivity (Wildman–Crippen MR) is 116 cm³/mol. The number of benzene rings is 2. The molecule has 0 atom stereocenters. The van der Waals surface area contributed by atoms with E-state index < -0.39 is 10.0 Å². The van der Waals surface area contributed by atoms with Crippen LogP contribution in [-0.2, 0) is 27.8 Å². The number of rotatable bonds is 5. The quantitative estimate of drug-likeness (QED) is 0.698. The molecule has 0 aliphatic carbocycles. The van der Waals surface area contributed by atoms with Gasteiger partial charge in [-0.05, 0) is 55.2 Å². The Hall–Kier alpha value is -1.60. The van der Waals surface area contributed by atoms with Crippen LogP contribution in [0.4, 0.5) is 5.69 Å². The fraction of sp³-hybridized carbons (Fsp3) is 0.455. The lowest BCUT2D eigenvalue weighted by atomic mass is 10.0. The lowest BCUT2D eigenvalue weighted by Crippen LogP contribution is -2.48. The van der Waals surface area contributed by atoms with Crippen molar-refractivity contribution in [1.29, 1.82) is 0 Å². The van der Waals surface area contributed by atoms with E-state index in [2.05, 4.69) is 11.8 Å². The number of nitrogens with zero attached hydrogens (tertiary/aromatic N) is 2. The molecule has 0 bridgehead atoms. The summed E-state index contributed by atoms with van der Waals surface area (Å²) in [5, 5.41) is 0.708. The highest BCUT2D eigenvalue weighted by molar-refractivity contribution is 7.89. The molecule has 0 spiro atoms. The Morgan fingerprint density at radius 1 is 1.10 bits per heavy atom. The Balaban J connectivity index is 1.44. The number of fused-ring (bicyclic) bond motifs is 1. The van der Waals surface area contributed by atoms with Gasteiger partial charge >= 0.3 is 0 Å². The molecule has 29 heavy (non-hydrogen) atoms. The average Bonchev–Trinajstić information content (AvgIpc) is 2.74. The van der Waals surface area contributed by atoms with E-state index in [-0.39, 0.29) is 6.04 Å². The van der Waals surface area contributed by atoms with Crippen molar-refractivity contribution in [1.82, 2.24) is 4.31 Å². The van der Waals surface area contributed by atoms with E-state index in [9.17, 15) is 8.42 Å². The SMILES string of the molecule is CCCc1ccc(S(=O)(=O)N2CCC(N3COCc4cc(Cl)ccc43)CC2)cc1. The van der Waals surface area contributed by atoms with Crippen LogP contribution in [0.25, 0.3) is 0 Å². The summed E-state index contributed by atoms with van der Waals surface area (Å²) in [7, 11) is -3.45. The Kier molecular flexibility index (Phi) is 6.16. The molecule has 156 valence electrons. The standard InChI is InChI=1S/C22H27ClN2O3S/c1-2-3-17-4-7-21(8-5-17)29(26,27)24-12-10-20(11-13-24)25-16-28-15-18-14-19(23)6-9-22(18)25/h4-9,14,20H,2-3,10-13,15-16H2,1H3. The van der Waals surface area contributed by atoms with E-state index in [0.29, 0.717) is 36.3 Å². The highest BCUT2D eigenvalue weighted by atomic mass is 35.5. The third-order valence-electron chi connectivity index (χ3n) is 5.80. The number of sulfonamides is 1. The minimum absolute atomic E-state index is 0.258. The van der Waals surface area contributed by atoms with Gasteiger partial charge in [0.1, 0.15) is 6.73 Å². The first-order chi connectivity index (χ1) is 14.0. The summed E-state index contributed by atoms with van der Waals surface area (Å²) in [6.45, 7) is 4.25. The van der Waals surface area contributed by atoms with Gasteiger partial charge in [0.05, 0.1) is 11.5 Å². The molecule has 0 N–H and O–H groups in total. The summed E-state index contributed by atoms with van der Waals surface area (Å²) in [6.07, 6.45) is 3.57. The summed E-state index contributed by atoms with van der Waals surface area (Å²) in [5.74, 6) is 0. The molecular weight excluding hydrogens is 408 g/mol. The highest BCUT2D eigenvalue weighted by Crippen LogP contribution is 2.33. The smallest absolute Gasteiger partial charge is 0.243 e. The summed E-state index contributed by atoms with van der Waals surface area (Å²) < 4.78 is 33.5. The molecule has 7 heteroatoms. The molecule has 2 aliphatic rings. The summed E-state index contributed by atoms with van der Waals surface area (Å²) in [6, 6.07) is 13.5. The van der Waals surface area contributed by atoms with Gasteiger partial charge in [0, 0.05) is 35.4 Å². The van der Waals surface area contributed by atoms with E-state index in [1.165, 1.54) is 5.56 Å². The van der Waals surface area contributed by atoms with Crippen molar-refractivity contribution < 1.29 is 13.2 Å². The molecule has 2 aromatic carbocycles. The molecule has 4 rings (SSSR count). The summed E-state index contributed by atoms with van der Waals surface area (Å²) >= 11 is 6.12. The normalized spacial score (nSPS) is 18.6. The molecule has 0 unspecified atom stereocenters. The van der Waals surface area contributed by atoms with Gasteiger partial charge < -0.3 is 9.64 Å². The zero-order valence-electron chi connectivity index (χ0n) is 16.7. The highest BCUT2D eigenvalue weighted by Gasteiger charge is 2.33. The van der Waals surface area contributed by atoms with E-state index in [0.717, 1.165) is 36.9 Å². The number of hydrogen-bond donors (Lipinski definition) is 0. The topological polar surface area (TPSA) is 49.9 Å². The summed E-state index contributed by atoms with van der Waals surface area (Å²) in [4.78, 5) is 2.63. The first-order valence-electron chi connectivity index (χ1n) is 10.2. The minimum Gasteiger partial charge on any atom is -0.356 e. The number of piperidine rings is 1. The first kappa shape index (κ1) is 20.7. The fourth-order valence-electron chi connectivity index (χ4n) is 4.24. The number of ether oxygens (including phenoxy) is 1. The van der Waals surface area contributed by atoms with Gasteiger partial charge in [0.15, 0.2) is 0 Å². The number of halogens is 1. The molecule has 1 saturated heterocycles. The maximum absolute atomic E-state index is 13.0. The molecule has 5 nitrogen and oxygen atoms in total. The van der Waals surface area contributed by atoms with Crippen molar-refractivity contribution >= 4 is 27.3 Å². The first-order valence-corrected chi connectivity index (χ1v) is 12.0. The van der Waals surface area contributed by atoms with Crippen molar-refractivity contribution in [3.05, 3.63) is 58.6 Å². The van der Waals surface area contributed by atoms with E-state index in [1.807, 2.05) is 30.3 Å². The zero-order valence-corrected chi connectivity index (χ0v) is 18.3. The van der Waals surface area contributed by atoms with Crippen molar-refractivity contribution in [3.63, 3.8) is 0 Å². The lowest BCUT2D eigenvalue weighted by molar-refractivity contribution is 0.0988. The largest absolute Gasteiger partial charge is 0.356 e. The predicted octanol–water partition coefficient (Wildman–Crippen LogP) is 4.44. The van der Waals surface area contributed by atoms with Gasteiger partial charge in [-0.2, -0.15) is 4.31 Å². The van der Waals surface area contributed by atoms with Gasteiger partial charge in [0.2, 0.25) is 10.0 Å². The minimum atomic E-state index is -3.45. The third-order valence-corrected chi connectivity index (χ3v) is 7.95. The molecule has 2 aromatic rings. The van der Waals surface area contributed by atoms with Crippen molar-refractivity contribution in [2.24, 2.45) is 0 Å². The van der Waals surface area contributed by atoms with Crippen molar-refractivity contribution in [2.45, 2.75) is 50.2 Å². The molecular formula is C22H27ClN2O3S. The van der Waals surface area contributed by atoms with E-state index in [1.54, 1.807) is 16.4 Å². The second-order valence-electron chi connectivity index (χ2n) is 7.75. The van der Waals surface area contributed by atoms with E-state index in [4.69, 9.17) is 16.3 Å². The second kappa shape index (κ2) is 8.64. The van der Waals surface area contributed by atoms with E-state index >= 15 is 0 Å². The Labute approximate surface area is 178 Å². The maximum Gasteiger partial charge on any atom is 0.243 e. The molecule has 2 heterocycles. The van der Waals surface area contributed by atoms with Crippen LogP contribution >= 0.6 is 11.6 Å². The van der Waals surface area contributed by atoms with Crippen LogP contribution in [0.1, 0.15) is 37.3 Å². The molecule has 0 saturated carbocycles. The van der Waals surface area contributed by atoms with Crippen LogP contribution in [0, 0.1) is 0 Å². The van der Waals surface area contributed by atoms with Crippen LogP contribution in [0.2, 0.25) is 5.02 Å². The fourth-order valence-corrected chi connectivity index (χ4v) is 5.90. The molecule has 0 amide bonds. The van der Waals surface area contributed by atoms with Crippen LogP contribution in [0.5, 0.6) is 0 Å². The van der Waals surface area contributed by atoms with Gasteiger partial charge in [-0.3, -0.25) is 0 Å². The van der Waals surface area contributed by atoms with Crippen LogP contribution in [-0.4, -0.2) is 38.6 Å². The Morgan fingerprint density at radius 2 is 1.83 bits per heavy atom. The molecule has 1 fully saturated rings. The average molecular weight is 435 g/mol. The third kappa shape index (κ3) is 4.31. The lowest BCUT2D eigenvalue weighted by Gasteiger charge is -2.41. The van der Waals surface area contributed by atoms with Gasteiger partial charge in [-0.25, -0.2) is 8.42 Å². The van der Waals surface area contributed by atoms with Crippen molar-refractivity contribution in [2.75, 3.05) is 24.7 Å². The van der Waals surface area contributed by atoms with Crippen molar-refractivity contribution in [3.8, 4) is 0 Å². The number of anilines is 1. The van der Waals surface area contributed by atoms with Gasteiger partial charge in [-0.15, -0.1) is 0 Å². The summed E-state index contributed by atoms with van der Waals surface area (Å²) in [5.41, 5.74) is 3.41.